The fraction of sp³-hybridized carbons (Fsp3) is 1.00. The zero-order chi connectivity index (χ0) is 24.9. The Morgan fingerprint density at radius 3 is 0.656 bits per heavy atom. The van der Waals surface area contributed by atoms with Crippen LogP contribution in [0.25, 0.3) is 0 Å². The van der Waals surface area contributed by atoms with Crippen LogP contribution in [-0.2, 0) is 0 Å². The molecule has 4 unspecified atom stereocenters. The van der Waals surface area contributed by atoms with E-state index in [9.17, 15) is 20.4 Å². The fourth-order valence-electron chi connectivity index (χ4n) is 3.42. The molecule has 0 aliphatic carbocycles. The lowest BCUT2D eigenvalue weighted by atomic mass is 10.1. The first-order valence-electron chi connectivity index (χ1n) is 9.51. The first kappa shape index (κ1) is 29.3. The van der Waals surface area contributed by atoms with Crippen LogP contribution in [0.1, 0.15) is 0 Å². The van der Waals surface area contributed by atoms with Crippen molar-refractivity contribution in [1.29, 1.82) is 0 Å². The van der Waals surface area contributed by atoms with Crippen molar-refractivity contribution in [2.24, 2.45) is 22.9 Å². The molecule has 18 nitrogen and oxygen atoms in total. The third-order valence-electron chi connectivity index (χ3n) is 4.82. The smallest absolute Gasteiger partial charge is 0.149 e. The summed E-state index contributed by atoms with van der Waals surface area (Å²) in [6, 6.07) is 0. The Morgan fingerprint density at radius 2 is 0.531 bits per heavy atom. The predicted octanol–water partition coefficient (Wildman–Crippen LogP) is -10.7. The van der Waals surface area contributed by atoms with Crippen molar-refractivity contribution in [1.82, 2.24) is 31.9 Å². The highest BCUT2D eigenvalue weighted by Gasteiger charge is 2.51. The number of nitrogens with one attached hydrogen (secondary N) is 6. The molecule has 18 heteroatoms. The third kappa shape index (κ3) is 6.66. The number of aliphatic hydroxyl groups is 8. The molecule has 22 N–H and O–H groups in total. The van der Waals surface area contributed by atoms with E-state index in [1.165, 1.54) is 0 Å². The number of nitrogens with two attached hydrogens (primary N) is 4. The summed E-state index contributed by atoms with van der Waals surface area (Å²) >= 11 is 0. The van der Waals surface area contributed by atoms with Crippen molar-refractivity contribution < 1.29 is 40.9 Å². The van der Waals surface area contributed by atoms with Gasteiger partial charge in [0.25, 0.3) is 0 Å². The third-order valence-corrected chi connectivity index (χ3v) is 4.82. The molecule has 0 bridgehead atoms. The van der Waals surface area contributed by atoms with Gasteiger partial charge in [-0.05, 0) is 0 Å². The molecule has 0 saturated carbocycles. The first-order valence-corrected chi connectivity index (χ1v) is 9.51. The predicted molar refractivity (Wildman–Crippen MR) is 109 cm³/mol. The highest BCUT2D eigenvalue weighted by atomic mass is 16.3. The molecule has 32 heavy (non-hydrogen) atoms. The van der Waals surface area contributed by atoms with Crippen molar-refractivity contribution in [2.45, 2.75) is 34.5 Å². The summed E-state index contributed by atoms with van der Waals surface area (Å²) < 4.78 is 0. The zero-order valence-corrected chi connectivity index (χ0v) is 17.5. The van der Waals surface area contributed by atoms with Gasteiger partial charge in [0.15, 0.2) is 0 Å². The van der Waals surface area contributed by atoms with Gasteiger partial charge >= 0.3 is 0 Å². The Labute approximate surface area is 183 Å². The van der Waals surface area contributed by atoms with E-state index in [4.69, 9.17) is 43.4 Å². The maximum atomic E-state index is 9.21. The molecule has 0 aromatic heterocycles. The molecule has 192 valence electrons. The van der Waals surface area contributed by atoms with Crippen molar-refractivity contribution >= 4 is 0 Å². The number of aliphatic hydroxyl groups excluding tert-OH is 8. The molecule has 2 rings (SSSR count). The molecule has 2 aliphatic heterocycles. The van der Waals surface area contributed by atoms with E-state index in [0.717, 1.165) is 0 Å². The second-order valence-electron chi connectivity index (χ2n) is 8.06. The molecule has 0 amide bonds. The largest absolute Gasteiger partial charge is 0.393 e. The zero-order valence-electron chi connectivity index (χ0n) is 17.5. The average molecular weight is 475 g/mol. The average Bonchev–Trinajstić information content (AvgIpc) is 2.78. The van der Waals surface area contributed by atoms with Crippen LogP contribution >= 0.6 is 0 Å². The maximum absolute atomic E-state index is 9.21. The Morgan fingerprint density at radius 1 is 0.344 bits per heavy atom. The minimum Gasteiger partial charge on any atom is -0.393 e. The second-order valence-corrected chi connectivity index (χ2v) is 8.06. The summed E-state index contributed by atoms with van der Waals surface area (Å²) in [6.07, 6.45) is 0. The van der Waals surface area contributed by atoms with Crippen LogP contribution in [0, 0.1) is 0 Å². The van der Waals surface area contributed by atoms with Gasteiger partial charge in [-0.15, -0.1) is 0 Å². The molecule has 2 heterocycles. The van der Waals surface area contributed by atoms with E-state index in [2.05, 4.69) is 31.9 Å². The molecule has 0 aromatic carbocycles. The lowest BCUT2D eigenvalue weighted by Crippen LogP contribution is -2.93. The normalized spacial score (nSPS) is 38.6. The summed E-state index contributed by atoms with van der Waals surface area (Å²) in [5.41, 5.74) is 20.1. The second kappa shape index (κ2) is 10.7. The molecule has 0 aromatic rings. The van der Waals surface area contributed by atoms with Gasteiger partial charge in [0.1, 0.15) is 34.5 Å². The van der Waals surface area contributed by atoms with E-state index >= 15 is 0 Å². The Bertz CT molecular complexity index is 512. The summed E-state index contributed by atoms with van der Waals surface area (Å²) in [6.45, 7) is -4.28. The monoisotopic (exact) mass is 474 g/mol. The SMILES string of the molecule is NC1(CO)NC(N)(CO)NC(CO)(CO)N1.NC1(CO)NC(N)(CO)NC(CO)(CO)N1. The minimum atomic E-state index is -1.52. The number of rotatable bonds is 8. The standard InChI is InChI=1S/2C7H19N5O4/c2*8-6(3-15)10-5(1-13,2-14)11-7(9,4-16)12-6/h2*10-16H,1-4,8-9H2. The van der Waals surface area contributed by atoms with Crippen LogP contribution in [0.5, 0.6) is 0 Å². The van der Waals surface area contributed by atoms with Crippen LogP contribution in [0.4, 0.5) is 0 Å². The van der Waals surface area contributed by atoms with Crippen LogP contribution in [-0.4, -0.2) is 128 Å². The maximum Gasteiger partial charge on any atom is 0.149 e. The van der Waals surface area contributed by atoms with Crippen molar-refractivity contribution in [3.05, 3.63) is 0 Å². The van der Waals surface area contributed by atoms with E-state index < -0.39 is 87.3 Å². The van der Waals surface area contributed by atoms with Gasteiger partial charge in [0.2, 0.25) is 0 Å². The molecule has 4 atom stereocenters. The van der Waals surface area contributed by atoms with E-state index in [1.807, 2.05) is 0 Å². The first-order chi connectivity index (χ1) is 14.7. The van der Waals surface area contributed by atoms with Crippen LogP contribution in [0.15, 0.2) is 0 Å². The van der Waals surface area contributed by atoms with E-state index in [0.29, 0.717) is 0 Å². The molecule has 0 radical (unpaired) electrons. The highest BCUT2D eigenvalue weighted by Crippen LogP contribution is 2.15. The molecular formula is C14H38N10O8. The van der Waals surface area contributed by atoms with Crippen molar-refractivity contribution in [2.75, 3.05) is 52.9 Å². The summed E-state index contributed by atoms with van der Waals surface area (Å²) in [4.78, 5) is 0. The fourth-order valence-corrected chi connectivity index (χ4v) is 3.42. The van der Waals surface area contributed by atoms with Crippen LogP contribution in [0.3, 0.4) is 0 Å². The van der Waals surface area contributed by atoms with Gasteiger partial charge in [0, 0.05) is 0 Å². The number of hydrogen-bond donors (Lipinski definition) is 18. The van der Waals surface area contributed by atoms with E-state index in [-0.39, 0.29) is 0 Å². The lowest BCUT2D eigenvalue weighted by Gasteiger charge is -2.53. The summed E-state index contributed by atoms with van der Waals surface area (Å²) in [7, 11) is 0. The van der Waals surface area contributed by atoms with Gasteiger partial charge in [-0.2, -0.15) is 0 Å². The number of hydrogen-bond acceptors (Lipinski definition) is 18. The molecule has 2 saturated heterocycles. The molecule has 2 aliphatic rings. The lowest BCUT2D eigenvalue weighted by molar-refractivity contribution is -0.0874. The topological polar surface area (TPSA) is 338 Å². The summed E-state index contributed by atoms with van der Waals surface area (Å²) in [5, 5.41) is 88.8. The van der Waals surface area contributed by atoms with Crippen LogP contribution in [0.2, 0.25) is 0 Å². The van der Waals surface area contributed by atoms with Crippen molar-refractivity contribution in [3.63, 3.8) is 0 Å². The van der Waals surface area contributed by atoms with Crippen LogP contribution < -0.4 is 54.8 Å². The highest BCUT2D eigenvalue weighted by molar-refractivity contribution is 5.05. The summed E-state index contributed by atoms with van der Waals surface area (Å²) in [5.74, 6) is -6.08. The van der Waals surface area contributed by atoms with Gasteiger partial charge in [-0.25, -0.2) is 0 Å². The van der Waals surface area contributed by atoms with Gasteiger partial charge < -0.3 is 40.9 Å². The van der Waals surface area contributed by atoms with E-state index in [1.54, 1.807) is 0 Å². The van der Waals surface area contributed by atoms with Crippen molar-refractivity contribution in [3.8, 4) is 0 Å². The Hall–Kier alpha value is -0.720. The molecular weight excluding hydrogens is 436 g/mol. The minimum absolute atomic E-state index is 0.525. The quantitative estimate of drug-likeness (QED) is 0.155. The van der Waals surface area contributed by atoms with Gasteiger partial charge in [-0.1, -0.05) is 0 Å². The van der Waals surface area contributed by atoms with Gasteiger partial charge in [0.05, 0.1) is 52.9 Å². The molecule has 0 spiro atoms. The van der Waals surface area contributed by atoms with Gasteiger partial charge in [-0.3, -0.25) is 54.8 Å². The Balaban J connectivity index is 0.000000320. The molecule has 2 fully saturated rings. The Kier molecular flexibility index (Phi) is 9.79.